The average molecular weight is 435 g/mol. The van der Waals surface area contributed by atoms with Gasteiger partial charge in [-0.2, -0.15) is 14.9 Å². The molecule has 2 aromatic carbocycles. The Morgan fingerprint density at radius 1 is 1.31 bits per heavy atom. The van der Waals surface area contributed by atoms with Crippen molar-refractivity contribution in [2.75, 3.05) is 7.11 Å². The molecule has 0 fully saturated rings. The Kier molecular flexibility index (Phi) is 7.00. The van der Waals surface area contributed by atoms with Gasteiger partial charge in [-0.05, 0) is 42.9 Å². The van der Waals surface area contributed by atoms with Crippen molar-refractivity contribution in [3.05, 3.63) is 69.0 Å². The molecule has 0 atom stereocenters. The van der Waals surface area contributed by atoms with E-state index in [4.69, 9.17) is 33.3 Å². The van der Waals surface area contributed by atoms with Crippen molar-refractivity contribution in [3.8, 4) is 11.5 Å². The number of nitrogens with one attached hydrogen (secondary N) is 1. The quantitative estimate of drug-likeness (QED) is 0.393. The summed E-state index contributed by atoms with van der Waals surface area (Å²) in [5, 5.41) is 11.7. The van der Waals surface area contributed by atoms with E-state index in [2.05, 4.69) is 15.3 Å². The van der Waals surface area contributed by atoms with Gasteiger partial charge in [0.2, 0.25) is 4.77 Å². The molecule has 29 heavy (non-hydrogen) atoms. The number of H-pyrrole nitrogens is 1. The lowest BCUT2D eigenvalue weighted by Crippen LogP contribution is -2.04. The Morgan fingerprint density at radius 2 is 2.10 bits per heavy atom. The van der Waals surface area contributed by atoms with Crippen LogP contribution in [0.15, 0.2) is 41.5 Å². The van der Waals surface area contributed by atoms with Crippen LogP contribution in [0.5, 0.6) is 11.5 Å². The van der Waals surface area contributed by atoms with Gasteiger partial charge in [0.05, 0.1) is 18.3 Å². The molecule has 0 spiro atoms. The van der Waals surface area contributed by atoms with Crippen molar-refractivity contribution in [2.24, 2.45) is 5.10 Å². The summed E-state index contributed by atoms with van der Waals surface area (Å²) < 4.78 is 27.3. The molecule has 1 heterocycles. The fourth-order valence-electron chi connectivity index (χ4n) is 2.71. The molecule has 152 valence electrons. The van der Waals surface area contributed by atoms with Crippen LogP contribution in [0, 0.1) is 10.6 Å². The van der Waals surface area contributed by atoms with Crippen LogP contribution in [0.2, 0.25) is 5.02 Å². The Hall–Kier alpha value is -2.71. The minimum absolute atomic E-state index is 0.0566. The molecular weight excluding hydrogens is 415 g/mol. The maximum atomic E-state index is 14.1. The van der Waals surface area contributed by atoms with E-state index in [9.17, 15) is 4.39 Å². The van der Waals surface area contributed by atoms with E-state index in [-0.39, 0.29) is 12.2 Å². The molecule has 0 aliphatic carbocycles. The molecule has 3 rings (SSSR count). The molecule has 1 N–H and O–H groups in total. The summed E-state index contributed by atoms with van der Waals surface area (Å²) in [6, 6.07) is 9.87. The molecule has 3 aromatic rings. The highest BCUT2D eigenvalue weighted by atomic mass is 35.5. The second kappa shape index (κ2) is 9.67. The first-order valence-electron chi connectivity index (χ1n) is 8.98. The van der Waals surface area contributed by atoms with Crippen molar-refractivity contribution in [1.29, 1.82) is 0 Å². The largest absolute Gasteiger partial charge is 0.493 e. The van der Waals surface area contributed by atoms with E-state index >= 15 is 0 Å². The minimum Gasteiger partial charge on any atom is -0.493 e. The zero-order valence-electron chi connectivity index (χ0n) is 16.0. The zero-order chi connectivity index (χ0) is 20.8. The first kappa shape index (κ1) is 21.0. The van der Waals surface area contributed by atoms with E-state index in [1.807, 2.05) is 19.1 Å². The van der Waals surface area contributed by atoms with Gasteiger partial charge in [-0.3, -0.25) is 5.10 Å². The Bertz CT molecular complexity index is 1060. The monoisotopic (exact) mass is 434 g/mol. The SMILES string of the molecule is CCCc1n[nH]c(=S)n1/N=C/c1cccc(OC)c1OCc1c(F)cccc1Cl. The number of para-hydroxylation sites is 1. The second-order valence-electron chi connectivity index (χ2n) is 6.12. The maximum Gasteiger partial charge on any atom is 0.216 e. The third kappa shape index (κ3) is 4.83. The van der Waals surface area contributed by atoms with Crippen LogP contribution < -0.4 is 9.47 Å². The van der Waals surface area contributed by atoms with Gasteiger partial charge in [0.1, 0.15) is 12.4 Å². The number of hydrogen-bond donors (Lipinski definition) is 1. The van der Waals surface area contributed by atoms with E-state index < -0.39 is 5.82 Å². The third-order valence-corrected chi connectivity index (χ3v) is 4.77. The summed E-state index contributed by atoms with van der Waals surface area (Å²) in [5.41, 5.74) is 0.910. The van der Waals surface area contributed by atoms with Gasteiger partial charge >= 0.3 is 0 Å². The Morgan fingerprint density at radius 3 is 2.83 bits per heavy atom. The van der Waals surface area contributed by atoms with Crippen LogP contribution in [0.1, 0.15) is 30.3 Å². The van der Waals surface area contributed by atoms with Crippen molar-refractivity contribution in [3.63, 3.8) is 0 Å². The summed E-state index contributed by atoms with van der Waals surface area (Å²) in [7, 11) is 1.53. The van der Waals surface area contributed by atoms with Gasteiger partial charge in [0, 0.05) is 17.5 Å². The van der Waals surface area contributed by atoms with Crippen molar-refractivity contribution >= 4 is 30.0 Å². The average Bonchev–Trinajstić information content (AvgIpc) is 3.06. The van der Waals surface area contributed by atoms with Crippen molar-refractivity contribution in [2.45, 2.75) is 26.4 Å². The van der Waals surface area contributed by atoms with Crippen molar-refractivity contribution < 1.29 is 13.9 Å². The zero-order valence-corrected chi connectivity index (χ0v) is 17.6. The third-order valence-electron chi connectivity index (χ3n) is 4.16. The lowest BCUT2D eigenvalue weighted by molar-refractivity contribution is 0.279. The van der Waals surface area contributed by atoms with Crippen LogP contribution >= 0.6 is 23.8 Å². The molecule has 0 saturated carbocycles. The molecule has 0 amide bonds. The van der Waals surface area contributed by atoms with E-state index in [1.54, 1.807) is 29.1 Å². The molecule has 0 bridgehead atoms. The van der Waals surface area contributed by atoms with Gasteiger partial charge in [-0.25, -0.2) is 4.39 Å². The molecule has 0 aliphatic heterocycles. The molecule has 9 heteroatoms. The van der Waals surface area contributed by atoms with Crippen LogP contribution in [0.3, 0.4) is 0 Å². The number of halogens is 2. The topological polar surface area (TPSA) is 64.4 Å². The number of ether oxygens (including phenoxy) is 2. The number of rotatable bonds is 8. The number of methoxy groups -OCH3 is 1. The van der Waals surface area contributed by atoms with Crippen LogP contribution in [-0.2, 0) is 13.0 Å². The molecule has 1 aromatic heterocycles. The van der Waals surface area contributed by atoms with E-state index in [0.29, 0.717) is 26.9 Å². The number of aromatic nitrogens is 3. The number of aromatic amines is 1. The highest BCUT2D eigenvalue weighted by molar-refractivity contribution is 7.71. The minimum atomic E-state index is -0.434. The van der Waals surface area contributed by atoms with Gasteiger partial charge in [-0.1, -0.05) is 30.7 Å². The first-order valence-corrected chi connectivity index (χ1v) is 9.77. The van der Waals surface area contributed by atoms with Gasteiger partial charge in [0.25, 0.3) is 0 Å². The molecule has 0 aliphatic rings. The van der Waals surface area contributed by atoms with E-state index in [1.165, 1.54) is 13.2 Å². The Balaban J connectivity index is 1.93. The predicted octanol–water partition coefficient (Wildman–Crippen LogP) is 5.16. The summed E-state index contributed by atoms with van der Waals surface area (Å²) in [6.45, 7) is 1.99. The number of aryl methyl sites for hydroxylation is 1. The Labute approximate surface area is 177 Å². The van der Waals surface area contributed by atoms with Crippen molar-refractivity contribution in [1.82, 2.24) is 14.9 Å². The summed E-state index contributed by atoms with van der Waals surface area (Å²) in [4.78, 5) is 0. The van der Waals surface area contributed by atoms with Gasteiger partial charge in [-0.15, -0.1) is 0 Å². The maximum absolute atomic E-state index is 14.1. The standard InChI is InChI=1S/C20H20ClFN4O2S/c1-3-6-18-24-25-20(29)26(18)23-11-13-7-4-10-17(27-2)19(13)28-12-14-15(21)8-5-9-16(14)22/h4-5,7-11H,3,6,12H2,1-2H3,(H,25,29)/b23-11+. The summed E-state index contributed by atoms with van der Waals surface area (Å²) in [6.07, 6.45) is 3.25. The lowest BCUT2D eigenvalue weighted by Gasteiger charge is -2.14. The van der Waals surface area contributed by atoms with Gasteiger partial charge < -0.3 is 9.47 Å². The first-order chi connectivity index (χ1) is 14.0. The molecule has 0 saturated heterocycles. The van der Waals surface area contributed by atoms with Gasteiger partial charge in [0.15, 0.2) is 17.3 Å². The van der Waals surface area contributed by atoms with Crippen LogP contribution in [0.25, 0.3) is 0 Å². The van der Waals surface area contributed by atoms with Crippen LogP contribution in [-0.4, -0.2) is 28.2 Å². The number of hydrogen-bond acceptors (Lipinski definition) is 5. The molecule has 0 unspecified atom stereocenters. The van der Waals surface area contributed by atoms with E-state index in [0.717, 1.165) is 18.7 Å². The van der Waals surface area contributed by atoms with Crippen LogP contribution in [0.4, 0.5) is 4.39 Å². The second-order valence-corrected chi connectivity index (χ2v) is 6.91. The predicted molar refractivity (Wildman–Crippen MR) is 113 cm³/mol. The smallest absolute Gasteiger partial charge is 0.216 e. The normalized spacial score (nSPS) is 11.2. The summed E-state index contributed by atoms with van der Waals surface area (Å²) in [5.74, 6) is 1.21. The molecular formula is C20H20ClFN4O2S. The fourth-order valence-corrected chi connectivity index (χ4v) is 3.13. The number of nitrogens with zero attached hydrogens (tertiary/aromatic N) is 3. The lowest BCUT2D eigenvalue weighted by atomic mass is 10.2. The number of benzene rings is 2. The fraction of sp³-hybridized carbons (Fsp3) is 0.250. The highest BCUT2D eigenvalue weighted by Gasteiger charge is 2.13. The molecule has 0 radical (unpaired) electrons. The summed E-state index contributed by atoms with van der Waals surface area (Å²) >= 11 is 11.3. The highest BCUT2D eigenvalue weighted by Crippen LogP contribution is 2.32. The molecule has 6 nitrogen and oxygen atoms in total.